The van der Waals surface area contributed by atoms with Gasteiger partial charge in [0.2, 0.25) is 5.91 Å². The van der Waals surface area contributed by atoms with Gasteiger partial charge in [-0.2, -0.15) is 0 Å². The van der Waals surface area contributed by atoms with Gasteiger partial charge in [-0.1, -0.05) is 13.3 Å². The van der Waals surface area contributed by atoms with Crippen molar-refractivity contribution in [3.05, 3.63) is 0 Å². The first-order valence-corrected chi connectivity index (χ1v) is 7.53. The van der Waals surface area contributed by atoms with Crippen LogP contribution in [0.1, 0.15) is 32.6 Å². The highest BCUT2D eigenvalue weighted by atomic mass is 16.4. The van der Waals surface area contributed by atoms with Crippen molar-refractivity contribution in [2.45, 2.75) is 32.6 Å². The highest BCUT2D eigenvalue weighted by molar-refractivity contribution is 5.77. The van der Waals surface area contributed by atoms with Crippen molar-refractivity contribution < 1.29 is 14.7 Å². The Balaban J connectivity index is 2.19. The third kappa shape index (κ3) is 7.45. The fourth-order valence-electron chi connectivity index (χ4n) is 2.51. The molecule has 0 spiro atoms. The lowest BCUT2D eigenvalue weighted by Crippen LogP contribution is -2.45. The molecule has 0 saturated carbocycles. The highest BCUT2D eigenvalue weighted by Crippen LogP contribution is 2.15. The van der Waals surface area contributed by atoms with Crippen LogP contribution >= 0.6 is 0 Å². The molecule has 0 aromatic heterocycles. The van der Waals surface area contributed by atoms with Crippen LogP contribution in [0, 0.1) is 5.92 Å². The quantitative estimate of drug-likeness (QED) is 0.530. The number of hydrogen-bond acceptors (Lipinski definition) is 4. The Morgan fingerprint density at radius 1 is 1.40 bits per heavy atom. The van der Waals surface area contributed by atoms with E-state index < -0.39 is 5.97 Å². The first kappa shape index (κ1) is 16.9. The molecular formula is C14H27N3O3. The van der Waals surface area contributed by atoms with Crippen molar-refractivity contribution in [3.8, 4) is 0 Å². The summed E-state index contributed by atoms with van der Waals surface area (Å²) in [4.78, 5) is 24.4. The largest absolute Gasteiger partial charge is 0.480 e. The van der Waals surface area contributed by atoms with Gasteiger partial charge in [-0.25, -0.2) is 0 Å². The zero-order valence-electron chi connectivity index (χ0n) is 12.4. The summed E-state index contributed by atoms with van der Waals surface area (Å²) in [5.41, 5.74) is 0. The molecular weight excluding hydrogens is 258 g/mol. The number of hydrogen-bond donors (Lipinski definition) is 3. The summed E-state index contributed by atoms with van der Waals surface area (Å²) in [7, 11) is 0. The minimum Gasteiger partial charge on any atom is -0.480 e. The predicted molar refractivity (Wildman–Crippen MR) is 77.6 cm³/mol. The number of piperidine rings is 1. The van der Waals surface area contributed by atoms with E-state index in [-0.39, 0.29) is 12.5 Å². The fraction of sp³-hybridized carbons (Fsp3) is 0.857. The topological polar surface area (TPSA) is 81.7 Å². The molecule has 0 aromatic carbocycles. The molecule has 6 heteroatoms. The van der Waals surface area contributed by atoms with Gasteiger partial charge in [0.15, 0.2) is 0 Å². The number of carboxylic acids is 1. The van der Waals surface area contributed by atoms with Gasteiger partial charge < -0.3 is 15.7 Å². The van der Waals surface area contributed by atoms with E-state index in [4.69, 9.17) is 5.11 Å². The molecule has 1 amide bonds. The van der Waals surface area contributed by atoms with Gasteiger partial charge in [0.25, 0.3) is 0 Å². The molecule has 1 rings (SSSR count). The van der Waals surface area contributed by atoms with Crippen LogP contribution in [-0.2, 0) is 9.59 Å². The summed E-state index contributed by atoms with van der Waals surface area (Å²) < 4.78 is 0. The van der Waals surface area contributed by atoms with Crippen LogP contribution in [0.15, 0.2) is 0 Å². The Kier molecular flexibility index (Phi) is 8.22. The number of nitrogens with zero attached hydrogens (tertiary/aromatic N) is 1. The number of nitrogens with one attached hydrogen (secondary N) is 2. The van der Waals surface area contributed by atoms with Crippen LogP contribution in [0.2, 0.25) is 0 Å². The monoisotopic (exact) mass is 285 g/mol. The van der Waals surface area contributed by atoms with Crippen molar-refractivity contribution >= 4 is 11.9 Å². The van der Waals surface area contributed by atoms with E-state index >= 15 is 0 Å². The molecule has 1 unspecified atom stereocenters. The van der Waals surface area contributed by atoms with E-state index in [2.05, 4.69) is 22.5 Å². The lowest BCUT2D eigenvalue weighted by atomic mass is 9.98. The average molecular weight is 285 g/mol. The van der Waals surface area contributed by atoms with Crippen molar-refractivity contribution in [3.63, 3.8) is 0 Å². The fourth-order valence-corrected chi connectivity index (χ4v) is 2.51. The summed E-state index contributed by atoms with van der Waals surface area (Å²) in [6, 6.07) is 0. The van der Waals surface area contributed by atoms with Gasteiger partial charge in [-0.3, -0.25) is 14.5 Å². The number of unbranched alkanes of at least 4 members (excludes halogenated alkanes) is 1. The minimum absolute atomic E-state index is 0.00794. The maximum atomic E-state index is 11.7. The first-order chi connectivity index (χ1) is 9.61. The average Bonchev–Trinajstić information content (AvgIpc) is 2.39. The molecule has 1 heterocycles. The number of aliphatic carboxylic acids is 1. The van der Waals surface area contributed by atoms with E-state index in [1.807, 2.05) is 0 Å². The normalized spacial score (nSPS) is 19.8. The van der Waals surface area contributed by atoms with Crippen LogP contribution in [0.5, 0.6) is 0 Å². The molecule has 20 heavy (non-hydrogen) atoms. The molecule has 1 saturated heterocycles. The summed E-state index contributed by atoms with van der Waals surface area (Å²) in [6.45, 7) is 5.86. The molecule has 0 aromatic rings. The summed E-state index contributed by atoms with van der Waals surface area (Å²) in [5, 5.41) is 14.5. The van der Waals surface area contributed by atoms with Crippen molar-refractivity contribution in [2.75, 3.05) is 39.3 Å². The van der Waals surface area contributed by atoms with Gasteiger partial charge in [0.05, 0.1) is 13.1 Å². The second-order valence-electron chi connectivity index (χ2n) is 5.47. The van der Waals surface area contributed by atoms with Gasteiger partial charge in [-0.15, -0.1) is 0 Å². The Morgan fingerprint density at radius 3 is 2.90 bits per heavy atom. The molecule has 1 aliphatic rings. The minimum atomic E-state index is -0.826. The van der Waals surface area contributed by atoms with Gasteiger partial charge in [0.1, 0.15) is 0 Å². The van der Waals surface area contributed by atoms with E-state index in [9.17, 15) is 9.59 Å². The second kappa shape index (κ2) is 9.72. The third-order valence-corrected chi connectivity index (χ3v) is 3.53. The lowest BCUT2D eigenvalue weighted by Gasteiger charge is -2.32. The zero-order chi connectivity index (χ0) is 14.8. The molecule has 1 aliphatic heterocycles. The van der Waals surface area contributed by atoms with Crippen molar-refractivity contribution in [1.29, 1.82) is 0 Å². The van der Waals surface area contributed by atoms with Crippen LogP contribution in [0.3, 0.4) is 0 Å². The number of likely N-dealkylation sites (tertiary alicyclic amines) is 1. The molecule has 1 atom stereocenters. The highest BCUT2D eigenvalue weighted by Gasteiger charge is 2.21. The summed E-state index contributed by atoms with van der Waals surface area (Å²) in [6.07, 6.45) is 4.27. The Bertz CT molecular complexity index is 310. The predicted octanol–water partition coefficient (Wildman–Crippen LogP) is 0.289. The van der Waals surface area contributed by atoms with Crippen LogP contribution in [-0.4, -0.2) is 61.2 Å². The smallest absolute Gasteiger partial charge is 0.317 e. The molecule has 1 fully saturated rings. The summed E-state index contributed by atoms with van der Waals surface area (Å²) in [5.74, 6) is -0.294. The van der Waals surface area contributed by atoms with Gasteiger partial charge >= 0.3 is 5.97 Å². The molecule has 0 bridgehead atoms. The van der Waals surface area contributed by atoms with Crippen molar-refractivity contribution in [2.24, 2.45) is 5.92 Å². The number of carboxylic acid groups (broad SMARTS) is 1. The van der Waals surface area contributed by atoms with E-state index in [1.54, 1.807) is 0 Å². The van der Waals surface area contributed by atoms with E-state index in [0.717, 1.165) is 45.3 Å². The zero-order valence-corrected chi connectivity index (χ0v) is 12.4. The lowest BCUT2D eigenvalue weighted by molar-refractivity contribution is -0.136. The maximum absolute atomic E-state index is 11.7. The SMILES string of the molecule is CCCCNC(=O)CN1CCCC(CNCC(=O)O)C1. The van der Waals surface area contributed by atoms with Crippen LogP contribution in [0.25, 0.3) is 0 Å². The Hall–Kier alpha value is -1.14. The number of carbonyl (C=O) groups excluding carboxylic acids is 1. The van der Waals surface area contributed by atoms with Gasteiger partial charge in [0, 0.05) is 13.1 Å². The molecule has 0 radical (unpaired) electrons. The van der Waals surface area contributed by atoms with Crippen LogP contribution < -0.4 is 10.6 Å². The van der Waals surface area contributed by atoms with Crippen LogP contribution in [0.4, 0.5) is 0 Å². The first-order valence-electron chi connectivity index (χ1n) is 7.53. The Morgan fingerprint density at radius 2 is 2.20 bits per heavy atom. The van der Waals surface area contributed by atoms with Crippen molar-refractivity contribution in [1.82, 2.24) is 15.5 Å². The maximum Gasteiger partial charge on any atom is 0.317 e. The molecule has 3 N–H and O–H groups in total. The third-order valence-electron chi connectivity index (χ3n) is 3.53. The standard InChI is InChI=1S/C14H27N3O3/c1-2-3-6-16-13(18)11-17-7-4-5-12(10-17)8-15-9-14(19)20/h12,15H,2-11H2,1H3,(H,16,18)(H,19,20). The number of carbonyl (C=O) groups is 2. The Labute approximate surface area is 120 Å². The summed E-state index contributed by atoms with van der Waals surface area (Å²) >= 11 is 0. The van der Waals surface area contributed by atoms with Gasteiger partial charge in [-0.05, 0) is 38.3 Å². The van der Waals surface area contributed by atoms with E-state index in [0.29, 0.717) is 19.0 Å². The molecule has 0 aliphatic carbocycles. The molecule has 116 valence electrons. The number of rotatable bonds is 9. The second-order valence-corrected chi connectivity index (χ2v) is 5.47. The molecule has 6 nitrogen and oxygen atoms in total. The van der Waals surface area contributed by atoms with E-state index in [1.165, 1.54) is 0 Å². The number of amides is 1.